The summed E-state index contributed by atoms with van der Waals surface area (Å²) in [5.74, 6) is -0.210. The van der Waals surface area contributed by atoms with Crippen LogP contribution < -0.4 is 0 Å². The van der Waals surface area contributed by atoms with E-state index in [4.69, 9.17) is 0 Å². The maximum atomic E-state index is 12.9. The number of nitrogens with zero attached hydrogens (tertiary/aromatic N) is 5. The molecular weight excluding hydrogens is 282 g/mol. The standard InChI is InChI=1S/C15H17N5O2/c1-11-14(21)18(2)9-10-19(11)15(22)12-5-3-4-6-13(12)20-8-7-16-17-20/h3-8,11H,9-10H2,1-2H3. The lowest BCUT2D eigenvalue weighted by Gasteiger charge is -2.37. The molecule has 1 aliphatic rings. The Morgan fingerprint density at radius 1 is 1.27 bits per heavy atom. The zero-order chi connectivity index (χ0) is 15.7. The maximum Gasteiger partial charge on any atom is 0.256 e. The third kappa shape index (κ3) is 2.34. The third-order valence-electron chi connectivity index (χ3n) is 3.94. The van der Waals surface area contributed by atoms with Crippen LogP contribution in [0.2, 0.25) is 0 Å². The van der Waals surface area contributed by atoms with Crippen LogP contribution in [0.3, 0.4) is 0 Å². The first kappa shape index (κ1) is 14.2. The van der Waals surface area contributed by atoms with E-state index >= 15 is 0 Å². The molecule has 0 radical (unpaired) electrons. The van der Waals surface area contributed by atoms with Gasteiger partial charge in [0.15, 0.2) is 0 Å². The molecule has 1 atom stereocenters. The maximum absolute atomic E-state index is 12.9. The summed E-state index contributed by atoms with van der Waals surface area (Å²) < 4.78 is 1.55. The number of rotatable bonds is 2. The fourth-order valence-electron chi connectivity index (χ4n) is 2.64. The van der Waals surface area contributed by atoms with E-state index in [0.29, 0.717) is 24.3 Å². The molecular formula is C15H17N5O2. The van der Waals surface area contributed by atoms with Crippen molar-refractivity contribution in [3.05, 3.63) is 42.2 Å². The average Bonchev–Trinajstić information content (AvgIpc) is 3.06. The van der Waals surface area contributed by atoms with Gasteiger partial charge in [-0.25, -0.2) is 4.68 Å². The second-order valence-electron chi connectivity index (χ2n) is 5.30. The van der Waals surface area contributed by atoms with E-state index in [1.165, 1.54) is 0 Å². The summed E-state index contributed by atoms with van der Waals surface area (Å²) in [5.41, 5.74) is 1.17. The van der Waals surface area contributed by atoms with Crippen LogP contribution in [0.1, 0.15) is 17.3 Å². The minimum atomic E-state index is -0.463. The Morgan fingerprint density at radius 2 is 2.05 bits per heavy atom. The topological polar surface area (TPSA) is 71.3 Å². The van der Waals surface area contributed by atoms with E-state index in [0.717, 1.165) is 0 Å². The van der Waals surface area contributed by atoms with E-state index in [-0.39, 0.29) is 11.8 Å². The number of likely N-dealkylation sites (N-methyl/N-ethyl adjacent to an activating group) is 1. The number of carbonyl (C=O) groups excluding carboxylic acids is 2. The molecule has 0 aliphatic carbocycles. The lowest BCUT2D eigenvalue weighted by atomic mass is 10.1. The van der Waals surface area contributed by atoms with E-state index < -0.39 is 6.04 Å². The third-order valence-corrected chi connectivity index (χ3v) is 3.94. The lowest BCUT2D eigenvalue weighted by molar-refractivity contribution is -0.137. The largest absolute Gasteiger partial charge is 0.342 e. The summed E-state index contributed by atoms with van der Waals surface area (Å²) >= 11 is 0. The number of aromatic nitrogens is 3. The van der Waals surface area contributed by atoms with Gasteiger partial charge in [0.05, 0.1) is 23.6 Å². The van der Waals surface area contributed by atoms with Gasteiger partial charge in [-0.05, 0) is 19.1 Å². The molecule has 1 saturated heterocycles. The number of hydrogen-bond acceptors (Lipinski definition) is 4. The number of carbonyl (C=O) groups is 2. The van der Waals surface area contributed by atoms with Crippen molar-refractivity contribution in [2.24, 2.45) is 0 Å². The summed E-state index contributed by atoms with van der Waals surface area (Å²) in [5, 5.41) is 7.72. The van der Waals surface area contributed by atoms with Crippen LogP contribution >= 0.6 is 0 Å². The van der Waals surface area contributed by atoms with Crippen molar-refractivity contribution in [2.75, 3.05) is 20.1 Å². The first-order valence-corrected chi connectivity index (χ1v) is 7.11. The molecule has 2 heterocycles. The SMILES string of the molecule is CC1C(=O)N(C)CCN1C(=O)c1ccccc1-n1ccnn1. The smallest absolute Gasteiger partial charge is 0.256 e. The van der Waals surface area contributed by atoms with Gasteiger partial charge in [-0.15, -0.1) is 5.10 Å². The van der Waals surface area contributed by atoms with Crippen molar-refractivity contribution in [1.29, 1.82) is 0 Å². The van der Waals surface area contributed by atoms with Crippen LogP contribution in [0.15, 0.2) is 36.7 Å². The molecule has 1 aliphatic heterocycles. The number of hydrogen-bond donors (Lipinski definition) is 0. The zero-order valence-corrected chi connectivity index (χ0v) is 12.5. The normalized spacial score (nSPS) is 18.6. The Morgan fingerprint density at radius 3 is 2.77 bits per heavy atom. The molecule has 22 heavy (non-hydrogen) atoms. The Labute approximate surface area is 128 Å². The Balaban J connectivity index is 1.95. The minimum Gasteiger partial charge on any atom is -0.342 e. The highest BCUT2D eigenvalue weighted by molar-refractivity contribution is 6.00. The fourth-order valence-corrected chi connectivity index (χ4v) is 2.64. The van der Waals surface area contributed by atoms with Crippen LogP contribution in [0.5, 0.6) is 0 Å². The van der Waals surface area contributed by atoms with Gasteiger partial charge in [-0.1, -0.05) is 17.3 Å². The van der Waals surface area contributed by atoms with Gasteiger partial charge < -0.3 is 9.80 Å². The average molecular weight is 299 g/mol. The second kappa shape index (κ2) is 5.59. The second-order valence-corrected chi connectivity index (χ2v) is 5.30. The summed E-state index contributed by atoms with van der Waals surface area (Å²) in [7, 11) is 1.75. The van der Waals surface area contributed by atoms with Gasteiger partial charge in [-0.3, -0.25) is 9.59 Å². The summed E-state index contributed by atoms with van der Waals surface area (Å²) in [4.78, 5) is 28.2. The molecule has 3 rings (SSSR count). The molecule has 7 nitrogen and oxygen atoms in total. The summed E-state index contributed by atoms with van der Waals surface area (Å²) in [6.45, 7) is 2.82. The van der Waals surface area contributed by atoms with Crippen LogP contribution in [0.4, 0.5) is 0 Å². The van der Waals surface area contributed by atoms with Crippen molar-refractivity contribution in [3.63, 3.8) is 0 Å². The molecule has 2 aromatic rings. The van der Waals surface area contributed by atoms with Gasteiger partial charge >= 0.3 is 0 Å². The molecule has 1 aromatic carbocycles. The van der Waals surface area contributed by atoms with Crippen LogP contribution in [-0.2, 0) is 4.79 Å². The van der Waals surface area contributed by atoms with Crippen molar-refractivity contribution >= 4 is 11.8 Å². The summed E-state index contributed by atoms with van der Waals surface area (Å²) in [6, 6.07) is 6.73. The number of amides is 2. The minimum absolute atomic E-state index is 0.0437. The van der Waals surface area contributed by atoms with E-state index in [9.17, 15) is 9.59 Å². The molecule has 7 heteroatoms. The predicted octanol–water partition coefficient (Wildman–Crippen LogP) is 0.570. The molecule has 0 saturated carbocycles. The van der Waals surface area contributed by atoms with Crippen molar-refractivity contribution in [1.82, 2.24) is 24.8 Å². The molecule has 0 spiro atoms. The zero-order valence-electron chi connectivity index (χ0n) is 12.5. The van der Waals surface area contributed by atoms with E-state index in [2.05, 4.69) is 10.3 Å². The Hall–Kier alpha value is -2.70. The van der Waals surface area contributed by atoms with Gasteiger partial charge in [0.2, 0.25) is 5.91 Å². The number of para-hydroxylation sites is 1. The van der Waals surface area contributed by atoms with Gasteiger partial charge in [0.25, 0.3) is 5.91 Å². The molecule has 2 amide bonds. The molecule has 1 unspecified atom stereocenters. The number of piperazine rings is 1. The van der Waals surface area contributed by atoms with E-state index in [1.54, 1.807) is 53.0 Å². The monoisotopic (exact) mass is 299 g/mol. The first-order chi connectivity index (χ1) is 10.6. The molecule has 1 aromatic heterocycles. The van der Waals surface area contributed by atoms with Crippen molar-refractivity contribution < 1.29 is 9.59 Å². The van der Waals surface area contributed by atoms with E-state index in [1.807, 2.05) is 12.1 Å². The van der Waals surface area contributed by atoms with Crippen molar-refractivity contribution in [2.45, 2.75) is 13.0 Å². The fraction of sp³-hybridized carbons (Fsp3) is 0.333. The van der Waals surface area contributed by atoms with Gasteiger partial charge in [-0.2, -0.15) is 0 Å². The molecule has 114 valence electrons. The van der Waals surface area contributed by atoms with Crippen LogP contribution in [0.25, 0.3) is 5.69 Å². The van der Waals surface area contributed by atoms with Crippen LogP contribution in [-0.4, -0.2) is 62.8 Å². The molecule has 0 N–H and O–H groups in total. The van der Waals surface area contributed by atoms with Gasteiger partial charge in [0.1, 0.15) is 6.04 Å². The Bertz CT molecular complexity index is 698. The van der Waals surface area contributed by atoms with Crippen LogP contribution in [0, 0.1) is 0 Å². The van der Waals surface area contributed by atoms with Crippen molar-refractivity contribution in [3.8, 4) is 5.69 Å². The molecule has 1 fully saturated rings. The highest BCUT2D eigenvalue weighted by atomic mass is 16.2. The highest BCUT2D eigenvalue weighted by Gasteiger charge is 2.33. The quantitative estimate of drug-likeness (QED) is 0.813. The highest BCUT2D eigenvalue weighted by Crippen LogP contribution is 2.19. The predicted molar refractivity (Wildman–Crippen MR) is 79.5 cm³/mol. The first-order valence-electron chi connectivity index (χ1n) is 7.11. The Kier molecular flexibility index (Phi) is 3.62. The molecule has 0 bridgehead atoms. The lowest BCUT2D eigenvalue weighted by Crippen LogP contribution is -2.56. The summed E-state index contributed by atoms with van der Waals surface area (Å²) in [6.07, 6.45) is 3.24. The van der Waals surface area contributed by atoms with Gasteiger partial charge in [0, 0.05) is 20.1 Å². The number of benzene rings is 1.